The van der Waals surface area contributed by atoms with Crippen molar-refractivity contribution in [3.8, 4) is 0 Å². The van der Waals surface area contributed by atoms with Gasteiger partial charge >= 0.3 is 5.97 Å². The van der Waals surface area contributed by atoms with Crippen molar-refractivity contribution >= 4 is 18.0 Å². The Balaban J connectivity index is 1.84. The van der Waals surface area contributed by atoms with Gasteiger partial charge in [-0.05, 0) is 23.8 Å². The molecule has 0 saturated heterocycles. The number of aromatic nitrogens is 2. The molecule has 0 aliphatic rings. The van der Waals surface area contributed by atoms with Crippen LogP contribution >= 0.6 is 0 Å². The van der Waals surface area contributed by atoms with Crippen LogP contribution in [-0.4, -0.2) is 33.1 Å². The maximum absolute atomic E-state index is 11.6. The lowest BCUT2D eigenvalue weighted by atomic mass is 10.1. The highest BCUT2D eigenvalue weighted by molar-refractivity contribution is 5.92. The van der Waals surface area contributed by atoms with E-state index in [4.69, 9.17) is 5.11 Å². The molecule has 108 valence electrons. The van der Waals surface area contributed by atoms with Crippen molar-refractivity contribution < 1.29 is 14.7 Å². The Bertz CT molecular complexity index is 648. The van der Waals surface area contributed by atoms with Crippen LogP contribution in [0.2, 0.25) is 0 Å². The first-order valence-corrected chi connectivity index (χ1v) is 6.40. The molecule has 0 saturated carbocycles. The molecule has 6 nitrogen and oxygen atoms in total. The van der Waals surface area contributed by atoms with Gasteiger partial charge in [-0.25, -0.2) is 9.78 Å². The van der Waals surface area contributed by atoms with Crippen LogP contribution in [0.1, 0.15) is 15.9 Å². The number of aromatic carboxylic acids is 1. The smallest absolute Gasteiger partial charge is 0.335 e. The molecule has 0 fully saturated rings. The Hall–Kier alpha value is -2.89. The van der Waals surface area contributed by atoms with Gasteiger partial charge in [0.05, 0.1) is 11.9 Å². The summed E-state index contributed by atoms with van der Waals surface area (Å²) in [6.45, 7) is 1.14. The molecular weight excluding hydrogens is 270 g/mol. The Morgan fingerprint density at radius 3 is 2.95 bits per heavy atom. The number of nitrogens with zero attached hydrogens (tertiary/aromatic N) is 2. The van der Waals surface area contributed by atoms with Crippen molar-refractivity contribution in [2.75, 3.05) is 6.54 Å². The molecule has 1 amide bonds. The van der Waals surface area contributed by atoms with Gasteiger partial charge in [-0.3, -0.25) is 4.79 Å². The highest BCUT2D eigenvalue weighted by Gasteiger charge is 2.01. The lowest BCUT2D eigenvalue weighted by molar-refractivity contribution is -0.116. The predicted octanol–water partition coefficient (Wildman–Crippen LogP) is 1.41. The van der Waals surface area contributed by atoms with E-state index in [9.17, 15) is 9.59 Å². The summed E-state index contributed by atoms with van der Waals surface area (Å²) in [6.07, 6.45) is 8.14. The molecule has 0 unspecified atom stereocenters. The number of nitrogens with one attached hydrogen (secondary N) is 1. The fourth-order valence-corrected chi connectivity index (χ4v) is 1.73. The number of benzene rings is 1. The monoisotopic (exact) mass is 285 g/mol. The molecular formula is C15H15N3O3. The molecule has 21 heavy (non-hydrogen) atoms. The topological polar surface area (TPSA) is 84.2 Å². The third-order valence-corrected chi connectivity index (χ3v) is 2.79. The Morgan fingerprint density at radius 1 is 1.38 bits per heavy atom. The van der Waals surface area contributed by atoms with Gasteiger partial charge < -0.3 is 15.0 Å². The minimum atomic E-state index is -0.991. The first-order valence-electron chi connectivity index (χ1n) is 6.40. The van der Waals surface area contributed by atoms with Gasteiger partial charge in [-0.2, -0.15) is 0 Å². The van der Waals surface area contributed by atoms with Gasteiger partial charge in [0.1, 0.15) is 0 Å². The molecule has 0 bridgehead atoms. The second-order valence-corrected chi connectivity index (χ2v) is 4.36. The minimum Gasteiger partial charge on any atom is -0.478 e. The minimum absolute atomic E-state index is 0.192. The molecule has 2 N–H and O–H groups in total. The lowest BCUT2D eigenvalue weighted by Crippen LogP contribution is -2.25. The van der Waals surface area contributed by atoms with Gasteiger partial charge in [0.25, 0.3) is 0 Å². The van der Waals surface area contributed by atoms with Crippen molar-refractivity contribution in [3.05, 3.63) is 60.2 Å². The van der Waals surface area contributed by atoms with Crippen LogP contribution in [0.5, 0.6) is 0 Å². The summed E-state index contributed by atoms with van der Waals surface area (Å²) in [7, 11) is 0. The van der Waals surface area contributed by atoms with Crippen LogP contribution in [-0.2, 0) is 11.3 Å². The van der Waals surface area contributed by atoms with Gasteiger partial charge in [0.15, 0.2) is 0 Å². The largest absolute Gasteiger partial charge is 0.478 e. The van der Waals surface area contributed by atoms with Crippen molar-refractivity contribution in [1.29, 1.82) is 0 Å². The molecule has 0 aliphatic carbocycles. The van der Waals surface area contributed by atoms with Crippen molar-refractivity contribution in [3.63, 3.8) is 0 Å². The van der Waals surface area contributed by atoms with Crippen LogP contribution in [0, 0.1) is 0 Å². The molecule has 0 atom stereocenters. The molecule has 6 heteroatoms. The zero-order chi connectivity index (χ0) is 15.1. The number of rotatable bonds is 6. The molecule has 0 spiro atoms. The number of hydrogen-bond donors (Lipinski definition) is 2. The van der Waals surface area contributed by atoms with E-state index >= 15 is 0 Å². The van der Waals surface area contributed by atoms with Crippen molar-refractivity contribution in [2.24, 2.45) is 0 Å². The second-order valence-electron chi connectivity index (χ2n) is 4.36. The standard InChI is InChI=1S/C15H15N3O3/c19-14(17-7-9-18-8-6-16-11-18)5-4-12-2-1-3-13(10-12)15(20)21/h1-6,8,10-11H,7,9H2,(H,17,19)(H,20,21)/b5-4+. The Kier molecular flexibility index (Phi) is 4.87. The van der Waals surface area contributed by atoms with Crippen LogP contribution in [0.4, 0.5) is 0 Å². The Labute approximate surface area is 121 Å². The first-order chi connectivity index (χ1) is 10.1. The molecule has 0 aliphatic heterocycles. The van der Waals surface area contributed by atoms with Gasteiger partial charge in [-0.1, -0.05) is 12.1 Å². The van der Waals surface area contributed by atoms with E-state index in [1.54, 1.807) is 30.7 Å². The maximum atomic E-state index is 11.6. The van der Waals surface area contributed by atoms with E-state index in [1.165, 1.54) is 18.2 Å². The number of hydrogen-bond acceptors (Lipinski definition) is 3. The summed E-state index contributed by atoms with van der Waals surface area (Å²) in [6, 6.07) is 6.39. The van der Waals surface area contributed by atoms with E-state index in [1.807, 2.05) is 10.8 Å². The zero-order valence-corrected chi connectivity index (χ0v) is 11.3. The number of carboxylic acid groups (broad SMARTS) is 1. The maximum Gasteiger partial charge on any atom is 0.335 e. The van der Waals surface area contributed by atoms with Crippen LogP contribution in [0.25, 0.3) is 6.08 Å². The number of carboxylic acids is 1. The van der Waals surface area contributed by atoms with Crippen LogP contribution in [0.15, 0.2) is 49.1 Å². The van der Waals surface area contributed by atoms with Crippen LogP contribution in [0.3, 0.4) is 0 Å². The summed E-state index contributed by atoms with van der Waals surface area (Å²) in [5.74, 6) is -1.22. The molecule has 0 radical (unpaired) electrons. The molecule has 2 rings (SSSR count). The van der Waals surface area contributed by atoms with Gasteiger partial charge in [0, 0.05) is 31.6 Å². The van der Waals surface area contributed by atoms with Crippen LogP contribution < -0.4 is 5.32 Å². The number of carbonyl (C=O) groups is 2. The quantitative estimate of drug-likeness (QED) is 0.786. The van der Waals surface area contributed by atoms with E-state index in [-0.39, 0.29) is 11.5 Å². The summed E-state index contributed by atoms with van der Waals surface area (Å²) in [4.78, 5) is 26.4. The van der Waals surface area contributed by atoms with Crippen molar-refractivity contribution in [1.82, 2.24) is 14.9 Å². The third kappa shape index (κ3) is 4.61. The SMILES string of the molecule is O=C(/C=C/c1cccc(C(=O)O)c1)NCCn1ccnc1. The lowest BCUT2D eigenvalue weighted by Gasteiger charge is -2.03. The summed E-state index contributed by atoms with van der Waals surface area (Å²) in [5.41, 5.74) is 0.859. The zero-order valence-electron chi connectivity index (χ0n) is 11.3. The molecule has 1 aromatic carbocycles. The van der Waals surface area contributed by atoms with E-state index in [0.717, 1.165) is 0 Å². The summed E-state index contributed by atoms with van der Waals surface area (Å²) < 4.78 is 1.86. The molecule has 1 heterocycles. The van der Waals surface area contributed by atoms with E-state index < -0.39 is 5.97 Å². The van der Waals surface area contributed by atoms with E-state index in [2.05, 4.69) is 10.3 Å². The first kappa shape index (κ1) is 14.5. The summed E-state index contributed by atoms with van der Waals surface area (Å²) in [5, 5.41) is 11.6. The fourth-order valence-electron chi connectivity index (χ4n) is 1.73. The van der Waals surface area contributed by atoms with Gasteiger partial charge in [0.2, 0.25) is 5.91 Å². The highest BCUT2D eigenvalue weighted by atomic mass is 16.4. The average molecular weight is 285 g/mol. The Morgan fingerprint density at radius 2 is 2.24 bits per heavy atom. The van der Waals surface area contributed by atoms with E-state index in [0.29, 0.717) is 18.7 Å². The van der Waals surface area contributed by atoms with Crippen molar-refractivity contribution in [2.45, 2.75) is 6.54 Å². The normalized spacial score (nSPS) is 10.7. The second kappa shape index (κ2) is 7.04. The number of imidazole rings is 1. The van der Waals surface area contributed by atoms with Gasteiger partial charge in [-0.15, -0.1) is 0 Å². The number of carbonyl (C=O) groups excluding carboxylic acids is 1. The third-order valence-electron chi connectivity index (χ3n) is 2.79. The predicted molar refractivity (Wildman–Crippen MR) is 77.7 cm³/mol. The highest BCUT2D eigenvalue weighted by Crippen LogP contribution is 2.07. The average Bonchev–Trinajstić information content (AvgIpc) is 2.99. The molecule has 1 aromatic heterocycles. The number of amides is 1. The molecule has 2 aromatic rings. The summed E-state index contributed by atoms with van der Waals surface area (Å²) >= 11 is 0. The fraction of sp³-hybridized carbons (Fsp3) is 0.133.